The van der Waals surface area contributed by atoms with Gasteiger partial charge in [-0.05, 0) is 40.9 Å². The molecule has 1 aromatic carbocycles. The van der Waals surface area contributed by atoms with Crippen molar-refractivity contribution in [1.82, 2.24) is 0 Å². The number of hydrogen-bond donors (Lipinski definition) is 0. The van der Waals surface area contributed by atoms with E-state index in [1.165, 1.54) is 16.2 Å². The summed E-state index contributed by atoms with van der Waals surface area (Å²) in [7, 11) is -3.15. The first-order valence-electron chi connectivity index (χ1n) is 8.19. The molecule has 138 valence electrons. The van der Waals surface area contributed by atoms with Crippen molar-refractivity contribution < 1.29 is 22.7 Å². The van der Waals surface area contributed by atoms with Crippen molar-refractivity contribution in [3.8, 4) is 0 Å². The van der Waals surface area contributed by atoms with Gasteiger partial charge >= 0.3 is 5.97 Å². The third-order valence-corrected chi connectivity index (χ3v) is 6.64. The molecule has 1 saturated heterocycles. The molecule has 0 saturated carbocycles. The number of para-hydroxylation sites is 1. The van der Waals surface area contributed by atoms with Gasteiger partial charge in [-0.1, -0.05) is 18.2 Å². The van der Waals surface area contributed by atoms with Crippen LogP contribution in [0.2, 0.25) is 0 Å². The van der Waals surface area contributed by atoms with Gasteiger partial charge in [0.05, 0.1) is 24.0 Å². The fourth-order valence-electron chi connectivity index (χ4n) is 2.95. The van der Waals surface area contributed by atoms with Crippen LogP contribution in [0, 0.1) is 0 Å². The topological polar surface area (TPSA) is 80.8 Å². The summed E-state index contributed by atoms with van der Waals surface area (Å²) in [5.41, 5.74) is 1.45. The maximum atomic E-state index is 12.7. The minimum Gasteiger partial charge on any atom is -0.455 e. The number of sulfone groups is 1. The minimum absolute atomic E-state index is 0.0617. The van der Waals surface area contributed by atoms with E-state index in [0.29, 0.717) is 12.1 Å². The van der Waals surface area contributed by atoms with E-state index < -0.39 is 34.4 Å². The molecule has 1 aliphatic rings. The molecule has 2 aromatic rings. The van der Waals surface area contributed by atoms with Gasteiger partial charge in [-0.3, -0.25) is 9.59 Å². The van der Waals surface area contributed by atoms with Gasteiger partial charge in [-0.2, -0.15) is 11.3 Å². The Morgan fingerprint density at radius 3 is 2.58 bits per heavy atom. The van der Waals surface area contributed by atoms with Gasteiger partial charge in [-0.25, -0.2) is 8.42 Å². The average molecular weight is 393 g/mol. The molecule has 2 heterocycles. The lowest BCUT2D eigenvalue weighted by Gasteiger charge is -2.28. The predicted octanol–water partition coefficient (Wildman–Crippen LogP) is 2.05. The number of esters is 1. The first-order valence-corrected chi connectivity index (χ1v) is 11.0. The lowest BCUT2D eigenvalue weighted by molar-refractivity contribution is -0.147. The van der Waals surface area contributed by atoms with E-state index in [-0.39, 0.29) is 17.9 Å². The molecule has 1 aliphatic heterocycles. The van der Waals surface area contributed by atoms with E-state index in [1.807, 2.05) is 22.9 Å². The summed E-state index contributed by atoms with van der Waals surface area (Å²) in [5, 5.41) is 3.72. The summed E-state index contributed by atoms with van der Waals surface area (Å²) >= 11 is 1.48. The molecular formula is C18H19NO5S2. The number of rotatable bonds is 6. The Labute approximate surface area is 156 Å². The normalized spacial score (nSPS) is 18.4. The van der Waals surface area contributed by atoms with E-state index in [9.17, 15) is 18.0 Å². The number of thiophene rings is 1. The van der Waals surface area contributed by atoms with E-state index >= 15 is 0 Å². The number of nitrogens with zero attached hydrogens (tertiary/aromatic N) is 1. The van der Waals surface area contributed by atoms with Crippen LogP contribution in [0.4, 0.5) is 5.69 Å². The van der Waals surface area contributed by atoms with Crippen molar-refractivity contribution in [2.45, 2.75) is 18.9 Å². The molecule has 1 aromatic heterocycles. The third kappa shape index (κ3) is 4.70. The highest BCUT2D eigenvalue weighted by molar-refractivity contribution is 7.91. The number of carbonyl (C=O) groups is 2. The molecular weight excluding hydrogens is 374 g/mol. The number of benzene rings is 1. The van der Waals surface area contributed by atoms with Gasteiger partial charge in [0.2, 0.25) is 0 Å². The molecule has 6 nitrogen and oxygen atoms in total. The summed E-state index contributed by atoms with van der Waals surface area (Å²) in [6.45, 7) is -0.408. The monoisotopic (exact) mass is 393 g/mol. The van der Waals surface area contributed by atoms with Crippen molar-refractivity contribution in [2.24, 2.45) is 0 Å². The van der Waals surface area contributed by atoms with Crippen molar-refractivity contribution >= 4 is 38.7 Å². The molecule has 0 radical (unpaired) electrons. The Morgan fingerprint density at radius 2 is 1.96 bits per heavy atom. The molecule has 0 aliphatic carbocycles. The molecule has 1 fully saturated rings. The van der Waals surface area contributed by atoms with E-state index in [1.54, 1.807) is 24.3 Å². The zero-order chi connectivity index (χ0) is 18.6. The van der Waals surface area contributed by atoms with Crippen molar-refractivity contribution in [1.29, 1.82) is 0 Å². The molecule has 1 atom stereocenters. The second-order valence-corrected chi connectivity index (χ2v) is 9.13. The lowest BCUT2D eigenvalue weighted by Crippen LogP contribution is -2.43. The molecule has 0 spiro atoms. The zero-order valence-corrected chi connectivity index (χ0v) is 15.7. The molecule has 0 unspecified atom stereocenters. The van der Waals surface area contributed by atoms with E-state index in [4.69, 9.17) is 4.74 Å². The Morgan fingerprint density at radius 1 is 1.19 bits per heavy atom. The Hall–Kier alpha value is -2.19. The summed E-state index contributed by atoms with van der Waals surface area (Å²) in [4.78, 5) is 26.1. The van der Waals surface area contributed by atoms with Crippen LogP contribution in [0.25, 0.3) is 0 Å². The number of ether oxygens (including phenoxy) is 1. The van der Waals surface area contributed by atoms with Crippen LogP contribution in [0.15, 0.2) is 47.2 Å². The average Bonchev–Trinajstić information content (AvgIpc) is 3.24. The maximum Gasteiger partial charge on any atom is 0.310 e. The van der Waals surface area contributed by atoms with Crippen LogP contribution in [0.5, 0.6) is 0 Å². The summed E-state index contributed by atoms with van der Waals surface area (Å²) in [6, 6.07) is 10.3. The second kappa shape index (κ2) is 8.01. The Bertz CT molecular complexity index is 862. The zero-order valence-electron chi connectivity index (χ0n) is 14.0. The molecule has 3 rings (SSSR count). The van der Waals surface area contributed by atoms with E-state index in [0.717, 1.165) is 5.56 Å². The number of hydrogen-bond acceptors (Lipinski definition) is 6. The van der Waals surface area contributed by atoms with Crippen molar-refractivity contribution in [2.75, 3.05) is 23.0 Å². The van der Waals surface area contributed by atoms with Gasteiger partial charge in [0.1, 0.15) is 0 Å². The van der Waals surface area contributed by atoms with Gasteiger partial charge < -0.3 is 9.64 Å². The van der Waals surface area contributed by atoms with Gasteiger partial charge in [-0.15, -0.1) is 0 Å². The predicted molar refractivity (Wildman–Crippen MR) is 100.0 cm³/mol. The molecule has 0 bridgehead atoms. The highest BCUT2D eigenvalue weighted by atomic mass is 32.2. The number of carbonyl (C=O) groups excluding carboxylic acids is 2. The summed E-state index contributed by atoms with van der Waals surface area (Å²) in [6.07, 6.45) is 0.492. The highest BCUT2D eigenvalue weighted by Crippen LogP contribution is 2.24. The van der Waals surface area contributed by atoms with Crippen molar-refractivity contribution in [3.05, 3.63) is 52.7 Å². The van der Waals surface area contributed by atoms with Gasteiger partial charge in [0.25, 0.3) is 5.91 Å². The largest absolute Gasteiger partial charge is 0.455 e. The third-order valence-electron chi connectivity index (χ3n) is 4.16. The fourth-order valence-corrected chi connectivity index (χ4v) is 5.32. The first-order chi connectivity index (χ1) is 12.4. The molecule has 1 amide bonds. The smallest absolute Gasteiger partial charge is 0.310 e. The second-order valence-electron chi connectivity index (χ2n) is 6.13. The Kier molecular flexibility index (Phi) is 5.73. The standard InChI is InChI=1S/C18H19NO5S2/c20-17(11-24-18(21)10-14-6-8-25-12-14)19(15-4-2-1-3-5-15)16-7-9-26(22,23)13-16/h1-6,8,12,16H,7,9-11,13H2/t16-/m0/s1. The van der Waals surface area contributed by atoms with Crippen LogP contribution in [0.3, 0.4) is 0 Å². The summed E-state index contributed by atoms with van der Waals surface area (Å²) in [5.74, 6) is -0.913. The van der Waals surface area contributed by atoms with Crippen LogP contribution in [0.1, 0.15) is 12.0 Å². The summed E-state index contributed by atoms with van der Waals surface area (Å²) < 4.78 is 28.8. The minimum atomic E-state index is -3.15. The highest BCUT2D eigenvalue weighted by Gasteiger charge is 2.35. The Balaban J connectivity index is 1.68. The van der Waals surface area contributed by atoms with Crippen LogP contribution < -0.4 is 4.90 Å². The number of anilines is 1. The molecule has 26 heavy (non-hydrogen) atoms. The van der Waals surface area contributed by atoms with Crippen LogP contribution >= 0.6 is 11.3 Å². The fraction of sp³-hybridized carbons (Fsp3) is 0.333. The SMILES string of the molecule is O=C(Cc1ccsc1)OCC(=O)N(c1ccccc1)[C@H]1CCS(=O)(=O)C1. The maximum absolute atomic E-state index is 12.7. The quantitative estimate of drug-likeness (QED) is 0.702. The molecule has 0 N–H and O–H groups in total. The van der Waals surface area contributed by atoms with Gasteiger partial charge in [0, 0.05) is 5.69 Å². The lowest BCUT2D eigenvalue weighted by atomic mass is 10.2. The first kappa shape index (κ1) is 18.6. The van der Waals surface area contributed by atoms with Crippen LogP contribution in [-0.2, 0) is 30.6 Å². The van der Waals surface area contributed by atoms with E-state index in [2.05, 4.69) is 0 Å². The number of amides is 1. The molecule has 8 heteroatoms. The van der Waals surface area contributed by atoms with Crippen molar-refractivity contribution in [3.63, 3.8) is 0 Å². The van der Waals surface area contributed by atoms with Gasteiger partial charge in [0.15, 0.2) is 16.4 Å². The van der Waals surface area contributed by atoms with Crippen LogP contribution in [-0.4, -0.2) is 44.4 Å².